The van der Waals surface area contributed by atoms with Crippen LogP contribution < -0.4 is 10.2 Å². The van der Waals surface area contributed by atoms with Crippen molar-refractivity contribution >= 4 is 27.5 Å². The van der Waals surface area contributed by atoms with E-state index < -0.39 is 0 Å². The highest BCUT2D eigenvalue weighted by Crippen LogP contribution is 2.27. The molecular weight excluding hydrogens is 308 g/mol. The van der Waals surface area contributed by atoms with Gasteiger partial charge in [-0.25, -0.2) is 0 Å². The molecule has 19 heavy (non-hydrogen) atoms. The lowest BCUT2D eigenvalue weighted by Gasteiger charge is -2.31. The van der Waals surface area contributed by atoms with Gasteiger partial charge in [-0.15, -0.1) is 0 Å². The molecule has 1 saturated heterocycles. The van der Waals surface area contributed by atoms with Gasteiger partial charge in [-0.05, 0) is 43.5 Å². The predicted octanol–water partition coefficient (Wildman–Crippen LogP) is 1.83. The first-order valence-electron chi connectivity index (χ1n) is 6.55. The third-order valence-corrected chi connectivity index (χ3v) is 3.92. The normalized spacial score (nSPS) is 20.1. The molecule has 0 aromatic heterocycles. The second-order valence-electron chi connectivity index (χ2n) is 4.80. The highest BCUT2D eigenvalue weighted by molar-refractivity contribution is 9.10. The maximum atomic E-state index is 12.1. The van der Waals surface area contributed by atoms with E-state index in [1.54, 1.807) is 0 Å². The summed E-state index contributed by atoms with van der Waals surface area (Å²) < 4.78 is 1.03. The lowest BCUT2D eigenvalue weighted by atomic mass is 10.1. The lowest BCUT2D eigenvalue weighted by molar-refractivity contribution is -0.122. The minimum atomic E-state index is -0.285. The molecular formula is C14H19BrN2O2. The van der Waals surface area contributed by atoms with Gasteiger partial charge in [0.05, 0.1) is 0 Å². The van der Waals surface area contributed by atoms with E-state index in [0.717, 1.165) is 28.7 Å². The zero-order valence-corrected chi connectivity index (χ0v) is 12.6. The van der Waals surface area contributed by atoms with Crippen molar-refractivity contribution in [3.8, 4) is 0 Å². The molecule has 1 unspecified atom stereocenters. The van der Waals surface area contributed by atoms with E-state index in [1.165, 1.54) is 0 Å². The smallest absolute Gasteiger partial charge is 0.242 e. The third-order valence-electron chi connectivity index (χ3n) is 3.42. The van der Waals surface area contributed by atoms with Gasteiger partial charge in [-0.1, -0.05) is 15.9 Å². The van der Waals surface area contributed by atoms with Gasteiger partial charge in [-0.3, -0.25) is 4.79 Å². The summed E-state index contributed by atoms with van der Waals surface area (Å²) in [6.07, 6.45) is 1.38. The molecule has 1 aliphatic heterocycles. The first-order chi connectivity index (χ1) is 9.13. The number of carbonyl (C=O) groups is 1. The minimum absolute atomic E-state index is 0.00821. The number of benzene rings is 1. The zero-order valence-electron chi connectivity index (χ0n) is 11.0. The second kappa shape index (κ2) is 6.39. The number of carbonyl (C=O) groups excluding carboxylic acids is 1. The fraction of sp³-hybridized carbons (Fsp3) is 0.500. The number of aliphatic hydroxyl groups excluding tert-OH is 1. The fourth-order valence-electron chi connectivity index (χ4n) is 2.51. The Hall–Kier alpha value is -1.07. The van der Waals surface area contributed by atoms with Gasteiger partial charge in [0, 0.05) is 29.9 Å². The third kappa shape index (κ3) is 3.28. The number of halogens is 1. The molecule has 104 valence electrons. The molecule has 0 spiro atoms. The monoisotopic (exact) mass is 326 g/mol. The Morgan fingerprint density at radius 3 is 3.00 bits per heavy atom. The molecule has 1 aromatic rings. The fourth-order valence-corrected chi connectivity index (χ4v) is 2.99. The molecule has 1 aromatic carbocycles. The van der Waals surface area contributed by atoms with Crippen LogP contribution in [0.5, 0.6) is 0 Å². The Balaban J connectivity index is 2.34. The summed E-state index contributed by atoms with van der Waals surface area (Å²) in [4.78, 5) is 14.2. The van der Waals surface area contributed by atoms with Gasteiger partial charge in [0.2, 0.25) is 5.91 Å². The van der Waals surface area contributed by atoms with Crippen LogP contribution in [-0.2, 0) is 4.79 Å². The molecule has 1 heterocycles. The van der Waals surface area contributed by atoms with Crippen LogP contribution in [0.15, 0.2) is 22.7 Å². The minimum Gasteiger partial charge on any atom is -0.396 e. The molecule has 1 fully saturated rings. The summed E-state index contributed by atoms with van der Waals surface area (Å²) in [6, 6.07) is 5.78. The number of nitrogens with one attached hydrogen (secondary N) is 1. The first kappa shape index (κ1) is 14.3. The number of rotatable bonds is 3. The van der Waals surface area contributed by atoms with Crippen molar-refractivity contribution in [3.63, 3.8) is 0 Å². The number of hydrogen-bond acceptors (Lipinski definition) is 3. The average Bonchev–Trinajstić information content (AvgIpc) is 2.54. The van der Waals surface area contributed by atoms with Crippen LogP contribution in [0.4, 0.5) is 5.69 Å². The van der Waals surface area contributed by atoms with E-state index in [1.807, 2.05) is 25.1 Å². The SMILES string of the molecule is Cc1cc(Br)ccc1N1CCCNC(=O)C1CCO. The van der Waals surface area contributed by atoms with E-state index in [4.69, 9.17) is 0 Å². The molecule has 2 N–H and O–H groups in total. The maximum Gasteiger partial charge on any atom is 0.242 e. The second-order valence-corrected chi connectivity index (χ2v) is 5.71. The molecule has 2 rings (SSSR count). The Morgan fingerprint density at radius 2 is 2.32 bits per heavy atom. The van der Waals surface area contributed by atoms with Gasteiger partial charge in [-0.2, -0.15) is 0 Å². The van der Waals surface area contributed by atoms with Crippen LogP contribution in [0.1, 0.15) is 18.4 Å². The van der Waals surface area contributed by atoms with Crippen LogP contribution >= 0.6 is 15.9 Å². The molecule has 4 nitrogen and oxygen atoms in total. The Morgan fingerprint density at radius 1 is 1.53 bits per heavy atom. The topological polar surface area (TPSA) is 52.6 Å². The predicted molar refractivity (Wildman–Crippen MR) is 79.3 cm³/mol. The highest BCUT2D eigenvalue weighted by atomic mass is 79.9. The zero-order chi connectivity index (χ0) is 13.8. The molecule has 1 atom stereocenters. The summed E-state index contributed by atoms with van der Waals surface area (Å²) in [5.41, 5.74) is 2.20. The number of anilines is 1. The lowest BCUT2D eigenvalue weighted by Crippen LogP contribution is -2.45. The van der Waals surface area contributed by atoms with Crippen molar-refractivity contribution in [1.29, 1.82) is 0 Å². The molecule has 0 bridgehead atoms. The molecule has 0 radical (unpaired) electrons. The number of nitrogens with zero attached hydrogens (tertiary/aromatic N) is 1. The summed E-state index contributed by atoms with van der Waals surface area (Å²) in [6.45, 7) is 3.59. The van der Waals surface area contributed by atoms with E-state index in [0.29, 0.717) is 13.0 Å². The highest BCUT2D eigenvalue weighted by Gasteiger charge is 2.28. The largest absolute Gasteiger partial charge is 0.396 e. The Bertz CT molecular complexity index is 465. The number of amides is 1. The van der Waals surface area contributed by atoms with Crippen molar-refractivity contribution in [3.05, 3.63) is 28.2 Å². The van der Waals surface area contributed by atoms with Crippen molar-refractivity contribution in [1.82, 2.24) is 5.32 Å². The summed E-state index contributed by atoms with van der Waals surface area (Å²) in [5.74, 6) is 0.00821. The van der Waals surface area contributed by atoms with Crippen LogP contribution in [-0.4, -0.2) is 36.8 Å². The van der Waals surface area contributed by atoms with E-state index in [2.05, 4.69) is 26.1 Å². The van der Waals surface area contributed by atoms with Gasteiger partial charge < -0.3 is 15.3 Å². The first-order valence-corrected chi connectivity index (χ1v) is 7.34. The van der Waals surface area contributed by atoms with Crippen molar-refractivity contribution in [2.24, 2.45) is 0 Å². The Labute approximate surface area is 121 Å². The number of hydrogen-bond donors (Lipinski definition) is 2. The summed E-state index contributed by atoms with van der Waals surface area (Å²) in [5, 5.41) is 12.1. The molecule has 1 aliphatic rings. The van der Waals surface area contributed by atoms with Crippen LogP contribution in [0.2, 0.25) is 0 Å². The summed E-state index contributed by atoms with van der Waals surface area (Å²) in [7, 11) is 0. The van der Waals surface area contributed by atoms with Gasteiger partial charge >= 0.3 is 0 Å². The van der Waals surface area contributed by atoms with Gasteiger partial charge in [0.25, 0.3) is 0 Å². The van der Waals surface area contributed by atoms with Crippen molar-refractivity contribution in [2.45, 2.75) is 25.8 Å². The molecule has 5 heteroatoms. The van der Waals surface area contributed by atoms with Crippen LogP contribution in [0, 0.1) is 6.92 Å². The van der Waals surface area contributed by atoms with Crippen LogP contribution in [0.25, 0.3) is 0 Å². The standard InChI is InChI=1S/C14H19BrN2O2/c1-10-9-11(15)3-4-12(10)17-7-2-6-16-14(19)13(17)5-8-18/h3-4,9,13,18H,2,5-8H2,1H3,(H,16,19). The van der Waals surface area contributed by atoms with Crippen molar-refractivity contribution < 1.29 is 9.90 Å². The molecule has 0 saturated carbocycles. The summed E-state index contributed by atoms with van der Waals surface area (Å²) >= 11 is 3.46. The van der Waals surface area contributed by atoms with Gasteiger partial charge in [0.1, 0.15) is 6.04 Å². The Kier molecular flexibility index (Phi) is 4.82. The maximum absolute atomic E-state index is 12.1. The van der Waals surface area contributed by atoms with E-state index in [-0.39, 0.29) is 18.6 Å². The molecule has 0 aliphatic carbocycles. The van der Waals surface area contributed by atoms with E-state index in [9.17, 15) is 9.90 Å². The van der Waals surface area contributed by atoms with Crippen molar-refractivity contribution in [2.75, 3.05) is 24.6 Å². The number of aliphatic hydroxyl groups is 1. The average molecular weight is 327 g/mol. The van der Waals surface area contributed by atoms with E-state index >= 15 is 0 Å². The quantitative estimate of drug-likeness (QED) is 0.891. The molecule has 1 amide bonds. The van der Waals surface area contributed by atoms with Gasteiger partial charge in [0.15, 0.2) is 0 Å². The number of aryl methyl sites for hydroxylation is 1. The van der Waals surface area contributed by atoms with Crippen LogP contribution in [0.3, 0.4) is 0 Å².